The normalized spacial score (nSPS) is 27.9. The lowest BCUT2D eigenvalue weighted by Crippen LogP contribution is -2.58. The summed E-state index contributed by atoms with van der Waals surface area (Å²) in [4.78, 5) is 70.0. The highest BCUT2D eigenvalue weighted by Gasteiger charge is 2.66. The zero-order chi connectivity index (χ0) is 33.7. The second kappa shape index (κ2) is 12.0. The van der Waals surface area contributed by atoms with Crippen LogP contribution in [0.25, 0.3) is 5.57 Å². The Hall–Kier alpha value is -5.31. The standard InChI is InChI=1S/C39H35NO8/c1-48-24-14-15-26(31(41)19-24)35-25-16-17-27-34(38(47)40(37(27)46)18-8-13-33(43)44)29(25)20-30-36(45)28(22-9-4-2-5-10-22)21-32(42)39(30,35)23-11-6-3-7-12-23/h2-7,9-12,14-16,19,21,27,29-30,34-35,41H,8,13,17-18,20H2,1H3,(H,43,44). The molecule has 0 radical (unpaired) electrons. The predicted molar refractivity (Wildman–Crippen MR) is 175 cm³/mol. The fourth-order valence-electron chi connectivity index (χ4n) is 8.79. The van der Waals surface area contributed by atoms with Crippen LogP contribution in [0.1, 0.15) is 48.3 Å². The molecule has 9 nitrogen and oxygen atoms in total. The van der Waals surface area contributed by atoms with Crippen LogP contribution in [0.2, 0.25) is 0 Å². The Labute approximate surface area is 277 Å². The number of rotatable bonds is 8. The van der Waals surface area contributed by atoms with Gasteiger partial charge in [0.2, 0.25) is 11.8 Å². The highest BCUT2D eigenvalue weighted by atomic mass is 16.5. The van der Waals surface area contributed by atoms with Crippen LogP contribution in [0.5, 0.6) is 11.5 Å². The molecule has 2 fully saturated rings. The minimum Gasteiger partial charge on any atom is -0.508 e. The number of likely N-dealkylation sites (tertiary alicyclic amines) is 1. The number of carboxylic acids is 1. The van der Waals surface area contributed by atoms with Crippen molar-refractivity contribution in [3.8, 4) is 11.5 Å². The highest BCUT2D eigenvalue weighted by Crippen LogP contribution is 2.64. The first-order valence-electron chi connectivity index (χ1n) is 16.2. The van der Waals surface area contributed by atoms with Crippen molar-refractivity contribution in [2.24, 2.45) is 23.7 Å². The number of carboxylic acid groups (broad SMARTS) is 1. The van der Waals surface area contributed by atoms with Crippen LogP contribution in [0.15, 0.2) is 96.6 Å². The van der Waals surface area contributed by atoms with Crippen LogP contribution >= 0.6 is 0 Å². The number of aliphatic carboxylic acids is 1. The molecule has 6 atom stereocenters. The Balaban J connectivity index is 1.44. The van der Waals surface area contributed by atoms with Gasteiger partial charge in [0, 0.05) is 42.0 Å². The van der Waals surface area contributed by atoms with Gasteiger partial charge in [0.25, 0.3) is 0 Å². The van der Waals surface area contributed by atoms with Crippen molar-refractivity contribution >= 4 is 34.9 Å². The number of nitrogens with zero attached hydrogens (tertiary/aromatic N) is 1. The average molecular weight is 646 g/mol. The molecule has 3 aliphatic carbocycles. The van der Waals surface area contributed by atoms with Gasteiger partial charge < -0.3 is 14.9 Å². The van der Waals surface area contributed by atoms with Gasteiger partial charge in [0.1, 0.15) is 11.5 Å². The van der Waals surface area contributed by atoms with Gasteiger partial charge in [-0.3, -0.25) is 28.9 Å². The third kappa shape index (κ3) is 4.71. The van der Waals surface area contributed by atoms with Crippen LogP contribution in [0.4, 0.5) is 0 Å². The van der Waals surface area contributed by atoms with E-state index in [-0.39, 0.29) is 61.4 Å². The predicted octanol–water partition coefficient (Wildman–Crippen LogP) is 5.09. The first-order chi connectivity index (χ1) is 23.2. The average Bonchev–Trinajstić information content (AvgIpc) is 3.34. The van der Waals surface area contributed by atoms with Gasteiger partial charge in [0.15, 0.2) is 11.6 Å². The number of phenols is 1. The number of hydrogen-bond donors (Lipinski definition) is 2. The van der Waals surface area contributed by atoms with E-state index in [9.17, 15) is 24.3 Å². The number of fused-ring (bicyclic) bond motifs is 4. The third-order valence-electron chi connectivity index (χ3n) is 10.8. The molecule has 7 rings (SSSR count). The van der Waals surface area contributed by atoms with E-state index in [4.69, 9.17) is 9.84 Å². The van der Waals surface area contributed by atoms with Gasteiger partial charge >= 0.3 is 5.97 Å². The zero-order valence-electron chi connectivity index (χ0n) is 26.4. The summed E-state index contributed by atoms with van der Waals surface area (Å²) in [5, 5.41) is 20.7. The van der Waals surface area contributed by atoms with E-state index in [2.05, 4.69) is 0 Å². The van der Waals surface area contributed by atoms with E-state index in [1.807, 2.05) is 42.5 Å². The van der Waals surface area contributed by atoms with Crippen molar-refractivity contribution in [3.63, 3.8) is 0 Å². The fraction of sp³-hybridized carbons (Fsp3) is 0.308. The van der Waals surface area contributed by atoms with Crippen molar-refractivity contribution in [1.29, 1.82) is 0 Å². The molecule has 2 amide bonds. The molecule has 0 aromatic heterocycles. The van der Waals surface area contributed by atoms with E-state index >= 15 is 4.79 Å². The quantitative estimate of drug-likeness (QED) is 0.255. The van der Waals surface area contributed by atoms with Gasteiger partial charge in [0.05, 0.1) is 24.4 Å². The first kappa shape index (κ1) is 31.3. The minimum absolute atomic E-state index is 0.00257. The maximum atomic E-state index is 15.0. The van der Waals surface area contributed by atoms with E-state index in [0.29, 0.717) is 28.0 Å². The maximum Gasteiger partial charge on any atom is 0.303 e. The lowest BCUT2D eigenvalue weighted by atomic mass is 9.44. The second-order valence-corrected chi connectivity index (χ2v) is 13.0. The summed E-state index contributed by atoms with van der Waals surface area (Å²) < 4.78 is 5.37. The molecule has 0 spiro atoms. The number of allylic oxidation sites excluding steroid dienone is 4. The lowest BCUT2D eigenvalue weighted by Gasteiger charge is -2.55. The molecule has 3 aromatic rings. The highest BCUT2D eigenvalue weighted by molar-refractivity contribution is 6.31. The Morgan fingerprint density at radius 1 is 0.938 bits per heavy atom. The molecule has 9 heteroatoms. The number of ketones is 2. The fourth-order valence-corrected chi connectivity index (χ4v) is 8.79. The Morgan fingerprint density at radius 3 is 2.31 bits per heavy atom. The van der Waals surface area contributed by atoms with Gasteiger partial charge in [-0.2, -0.15) is 0 Å². The Kier molecular flexibility index (Phi) is 7.86. The number of carbonyl (C=O) groups excluding carboxylic acids is 4. The van der Waals surface area contributed by atoms with Crippen molar-refractivity contribution < 1.29 is 38.9 Å². The van der Waals surface area contributed by atoms with E-state index < -0.39 is 41.0 Å². The number of phenolic OH excluding ortho intramolecular Hbond substituents is 1. The molecule has 2 N–H and O–H groups in total. The summed E-state index contributed by atoms with van der Waals surface area (Å²) in [6.07, 6.45) is 3.72. The molecule has 6 unspecified atom stereocenters. The number of amides is 2. The first-order valence-corrected chi connectivity index (χ1v) is 16.2. The maximum absolute atomic E-state index is 15.0. The Morgan fingerprint density at radius 2 is 1.65 bits per heavy atom. The van der Waals surface area contributed by atoms with E-state index in [1.54, 1.807) is 36.4 Å². The van der Waals surface area contributed by atoms with Gasteiger partial charge in [-0.25, -0.2) is 0 Å². The molecule has 4 aliphatic rings. The van der Waals surface area contributed by atoms with Crippen LogP contribution in [-0.2, 0) is 29.4 Å². The molecule has 3 aromatic carbocycles. The van der Waals surface area contributed by atoms with Crippen LogP contribution in [0, 0.1) is 23.7 Å². The number of carbonyl (C=O) groups is 5. The SMILES string of the molecule is COc1ccc(C2C3=CCC4C(=O)N(CCCC(=O)O)C(=O)C4C3CC3C(=O)C(c4ccccc4)=CC(=O)C32c2ccccc2)c(O)c1. The smallest absolute Gasteiger partial charge is 0.303 e. The molecule has 244 valence electrons. The zero-order valence-corrected chi connectivity index (χ0v) is 26.4. The summed E-state index contributed by atoms with van der Waals surface area (Å²) in [5.41, 5.74) is 1.24. The second-order valence-electron chi connectivity index (χ2n) is 13.0. The molecular formula is C39H35NO8. The molecule has 1 saturated heterocycles. The summed E-state index contributed by atoms with van der Waals surface area (Å²) >= 11 is 0. The van der Waals surface area contributed by atoms with E-state index in [0.717, 1.165) is 5.57 Å². The molecule has 1 heterocycles. The molecular weight excluding hydrogens is 610 g/mol. The molecule has 1 saturated carbocycles. The van der Waals surface area contributed by atoms with Crippen molar-refractivity contribution in [1.82, 2.24) is 4.90 Å². The topological polar surface area (TPSA) is 138 Å². The number of ether oxygens (including phenoxy) is 1. The van der Waals surface area contributed by atoms with Gasteiger partial charge in [-0.1, -0.05) is 78.4 Å². The number of benzene rings is 3. The van der Waals surface area contributed by atoms with Crippen LogP contribution in [-0.4, -0.2) is 58.1 Å². The van der Waals surface area contributed by atoms with Crippen molar-refractivity contribution in [2.45, 2.75) is 37.0 Å². The Bertz CT molecular complexity index is 1900. The van der Waals surface area contributed by atoms with Crippen molar-refractivity contribution in [2.75, 3.05) is 13.7 Å². The number of imide groups is 1. The molecule has 48 heavy (non-hydrogen) atoms. The number of hydrogen-bond acceptors (Lipinski definition) is 7. The van der Waals surface area contributed by atoms with Gasteiger partial charge in [-0.05, 0) is 48.4 Å². The number of methoxy groups -OCH3 is 1. The molecule has 1 aliphatic heterocycles. The largest absolute Gasteiger partial charge is 0.508 e. The van der Waals surface area contributed by atoms with Crippen molar-refractivity contribution in [3.05, 3.63) is 113 Å². The summed E-state index contributed by atoms with van der Waals surface area (Å²) in [7, 11) is 1.49. The lowest BCUT2D eigenvalue weighted by molar-refractivity contribution is -0.142. The summed E-state index contributed by atoms with van der Waals surface area (Å²) in [6.45, 7) is -0.00257. The molecule has 0 bridgehead atoms. The number of Topliss-reactive ketones (excluding diaryl/α,β-unsaturated/α-hetero) is 1. The third-order valence-corrected chi connectivity index (χ3v) is 10.8. The van der Waals surface area contributed by atoms with Gasteiger partial charge in [-0.15, -0.1) is 0 Å². The summed E-state index contributed by atoms with van der Waals surface area (Å²) in [6, 6.07) is 23.1. The van der Waals surface area contributed by atoms with Crippen LogP contribution in [0.3, 0.4) is 0 Å². The monoisotopic (exact) mass is 645 g/mol. The van der Waals surface area contributed by atoms with E-state index in [1.165, 1.54) is 24.2 Å². The van der Waals surface area contributed by atoms with Crippen LogP contribution < -0.4 is 4.74 Å². The number of aromatic hydroxyl groups is 1. The minimum atomic E-state index is -1.45. The summed E-state index contributed by atoms with van der Waals surface area (Å²) in [5.74, 6) is -5.74.